The molecule has 16 nitrogen and oxygen atoms in total. The third-order valence-corrected chi connectivity index (χ3v) is 10.8. The quantitative estimate of drug-likeness (QED) is 0.150. The Balaban J connectivity index is 0.000000904. The van der Waals surface area contributed by atoms with Crippen molar-refractivity contribution in [2.45, 2.75) is 58.8 Å². The first-order valence-electron chi connectivity index (χ1n) is 14.2. The second-order valence-electron chi connectivity index (χ2n) is 10.4. The van der Waals surface area contributed by atoms with Gasteiger partial charge in [0.05, 0.1) is 9.79 Å². The van der Waals surface area contributed by atoms with E-state index in [0.717, 1.165) is 40.3 Å². The van der Waals surface area contributed by atoms with Gasteiger partial charge in [-0.2, -0.15) is 17.6 Å². The zero-order valence-corrected chi connectivity index (χ0v) is 32.0. The number of rotatable bonds is 12. The Hall–Kier alpha value is -4.15. The molecule has 0 fully saturated rings. The van der Waals surface area contributed by atoms with Crippen molar-refractivity contribution in [1.29, 1.82) is 0 Å². The average Bonchev–Trinajstić information content (AvgIpc) is 3.06. The second kappa shape index (κ2) is 20.8. The predicted molar refractivity (Wildman–Crippen MR) is 186 cm³/mol. The molecular formula is C29H33F6N2O14S5-. The third-order valence-electron chi connectivity index (χ3n) is 5.99. The first kappa shape index (κ1) is 51.9. The first-order chi connectivity index (χ1) is 24.9. The maximum absolute atomic E-state index is 13.1. The van der Waals surface area contributed by atoms with Gasteiger partial charge in [0.1, 0.15) is 18.1 Å². The van der Waals surface area contributed by atoms with Gasteiger partial charge in [0, 0.05) is 0 Å². The van der Waals surface area contributed by atoms with E-state index < -0.39 is 88.5 Å². The molecule has 0 spiro atoms. The Bertz CT molecular complexity index is 2060. The van der Waals surface area contributed by atoms with Gasteiger partial charge in [0.2, 0.25) is 12.3 Å². The van der Waals surface area contributed by atoms with Gasteiger partial charge in [-0.05, 0) is 62.9 Å². The van der Waals surface area contributed by atoms with E-state index in [-0.39, 0.29) is 17.2 Å². The molecule has 0 saturated carbocycles. The number of halogens is 6. The molecule has 3 aromatic rings. The van der Waals surface area contributed by atoms with Crippen molar-refractivity contribution in [2.75, 3.05) is 13.2 Å². The van der Waals surface area contributed by atoms with Crippen molar-refractivity contribution in [3.05, 3.63) is 90.0 Å². The topological polar surface area (TPSA) is 259 Å². The number of hydrogen-bond donors (Lipinski definition) is 2. The van der Waals surface area contributed by atoms with Crippen LogP contribution >= 0.6 is 0 Å². The van der Waals surface area contributed by atoms with Crippen LogP contribution < -0.4 is 9.44 Å². The Morgan fingerprint density at radius 2 is 0.911 bits per heavy atom. The van der Waals surface area contributed by atoms with E-state index in [9.17, 15) is 78.7 Å². The summed E-state index contributed by atoms with van der Waals surface area (Å²) in [5, 5.41) is -10.7. The molecule has 0 aliphatic carbocycles. The van der Waals surface area contributed by atoms with E-state index in [1.54, 1.807) is 13.8 Å². The molecule has 0 aliphatic heterocycles. The fourth-order valence-corrected chi connectivity index (χ4v) is 5.81. The average molecular weight is 908 g/mol. The molecule has 0 heterocycles. The van der Waals surface area contributed by atoms with E-state index >= 15 is 0 Å². The standard InChI is InChI=1S/2C11H12F3NO7S2.C6H6S.CH4/c2*1-7-2-4-8(5-3-7)23(17,18)15-10(16)22-6-9(12)11(13,14)24(19,20)21;7-6-4-2-1-3-5-6;/h2*2-5,9H,6H2,1H3,(H,15,16)(H,19,20,21);1-5,7H;1H4/p-1. The summed E-state index contributed by atoms with van der Waals surface area (Å²) in [5.41, 5.74) is 1.44. The van der Waals surface area contributed by atoms with Crippen LogP contribution in [0, 0.1) is 13.8 Å². The maximum atomic E-state index is 13.1. The Morgan fingerprint density at radius 1 is 0.625 bits per heavy atom. The predicted octanol–water partition coefficient (Wildman–Crippen LogP) is 3.47. The monoisotopic (exact) mass is 907 g/mol. The lowest BCUT2D eigenvalue weighted by atomic mass is 10.2. The number of amides is 2. The highest BCUT2D eigenvalue weighted by molar-refractivity contribution is 7.90. The van der Waals surface area contributed by atoms with Crippen LogP contribution in [-0.2, 0) is 62.4 Å². The van der Waals surface area contributed by atoms with Gasteiger partial charge in [-0.3, -0.25) is 0 Å². The molecule has 2 amide bonds. The Morgan fingerprint density at radius 3 is 1.14 bits per heavy atom. The van der Waals surface area contributed by atoms with Crippen LogP contribution in [0.25, 0.3) is 0 Å². The molecule has 2 unspecified atom stereocenters. The van der Waals surface area contributed by atoms with Gasteiger partial charge in [-0.15, -0.1) is 0 Å². The summed E-state index contributed by atoms with van der Waals surface area (Å²) in [7, 11) is -21.4. The maximum Gasteiger partial charge on any atom is 0.421 e. The van der Waals surface area contributed by atoms with Crippen molar-refractivity contribution in [1.82, 2.24) is 9.44 Å². The molecule has 2 atom stereocenters. The molecule has 2 N–H and O–H groups in total. The lowest BCUT2D eigenvalue weighted by Crippen LogP contribution is -2.42. The summed E-state index contributed by atoms with van der Waals surface area (Å²) in [6.45, 7) is -0.346. The first-order valence-corrected chi connectivity index (χ1v) is 20.5. The highest BCUT2D eigenvalue weighted by Gasteiger charge is 2.49. The van der Waals surface area contributed by atoms with Crippen molar-refractivity contribution in [3.63, 3.8) is 0 Å². The number of ether oxygens (including phenoxy) is 2. The third kappa shape index (κ3) is 16.1. The van der Waals surface area contributed by atoms with Gasteiger partial charge >= 0.3 is 22.7 Å². The van der Waals surface area contributed by atoms with Crippen LogP contribution in [0.3, 0.4) is 0 Å². The van der Waals surface area contributed by atoms with E-state index in [0.29, 0.717) is 0 Å². The summed E-state index contributed by atoms with van der Waals surface area (Å²) in [6.07, 6.45) is -11.0. The van der Waals surface area contributed by atoms with Gasteiger partial charge < -0.3 is 18.6 Å². The number of hydrogen-bond acceptors (Lipinski definition) is 14. The van der Waals surface area contributed by atoms with E-state index in [1.807, 2.05) is 30.3 Å². The molecule has 0 aromatic heterocycles. The van der Waals surface area contributed by atoms with E-state index in [4.69, 9.17) is 0 Å². The number of carbonyl (C=O) groups is 2. The number of carbonyl (C=O) groups excluding carboxylic acids is 2. The van der Waals surface area contributed by atoms with Gasteiger partial charge in [0.25, 0.3) is 20.0 Å². The van der Waals surface area contributed by atoms with E-state index in [2.05, 4.69) is 22.1 Å². The zero-order chi connectivity index (χ0) is 42.6. The normalized spacial score (nSPS) is 13.1. The van der Waals surface area contributed by atoms with Gasteiger partial charge in [-0.25, -0.2) is 61.5 Å². The molecule has 316 valence electrons. The van der Waals surface area contributed by atoms with Crippen LogP contribution in [0.2, 0.25) is 0 Å². The number of benzene rings is 3. The van der Waals surface area contributed by atoms with Crippen LogP contribution in [0.1, 0.15) is 18.6 Å². The fraction of sp³-hybridized carbons (Fsp3) is 0.310. The van der Waals surface area contributed by atoms with Gasteiger partial charge in [-0.1, -0.05) is 61.0 Å². The minimum Gasteiger partial charge on any atom is -0.743 e. The molecule has 0 bridgehead atoms. The molecule has 56 heavy (non-hydrogen) atoms. The molecular weight excluding hydrogens is 875 g/mol. The van der Waals surface area contributed by atoms with Crippen molar-refractivity contribution >= 4 is 65.1 Å². The summed E-state index contributed by atoms with van der Waals surface area (Å²) >= 11 is 3.36. The van der Waals surface area contributed by atoms with Crippen LogP contribution in [0.4, 0.5) is 35.9 Å². The fourth-order valence-electron chi connectivity index (χ4n) is 3.07. The minimum atomic E-state index is -6.32. The largest absolute Gasteiger partial charge is 0.743 e. The zero-order valence-electron chi connectivity index (χ0n) is 27.7. The molecule has 0 aliphatic rings. The number of aryl methyl sites for hydroxylation is 2. The molecule has 3 rings (SSSR count). The Labute approximate surface area is 323 Å². The van der Waals surface area contributed by atoms with Crippen molar-refractivity contribution in [3.8, 4) is 0 Å². The van der Waals surface area contributed by atoms with Crippen molar-refractivity contribution in [2.24, 2.45) is 0 Å². The lowest BCUT2D eigenvalue weighted by Gasteiger charge is -2.22. The van der Waals surface area contributed by atoms with Crippen LogP contribution in [-0.4, -0.2) is 91.0 Å². The summed E-state index contributed by atoms with van der Waals surface area (Å²) in [4.78, 5) is 22.9. The Kier molecular flexibility index (Phi) is 19.3. The summed E-state index contributed by atoms with van der Waals surface area (Å²) in [6, 6.07) is 20.2. The lowest BCUT2D eigenvalue weighted by molar-refractivity contribution is -0.0304. The van der Waals surface area contributed by atoms with Crippen LogP contribution in [0.15, 0.2) is 93.5 Å². The molecule has 0 saturated heterocycles. The minimum absolute atomic E-state index is 0. The van der Waals surface area contributed by atoms with Crippen LogP contribution in [0.5, 0.6) is 0 Å². The van der Waals surface area contributed by atoms with Crippen molar-refractivity contribution < 1.29 is 88.2 Å². The van der Waals surface area contributed by atoms with E-state index in [1.165, 1.54) is 33.7 Å². The highest BCUT2D eigenvalue weighted by Crippen LogP contribution is 2.28. The number of alkyl halides is 6. The number of sulfonamides is 2. The summed E-state index contributed by atoms with van der Waals surface area (Å²) < 4.78 is 196. The second-order valence-corrected chi connectivity index (χ2v) is 17.2. The molecule has 0 radical (unpaired) electrons. The SMILES string of the molecule is C.Cc1ccc(S(=O)(=O)NC(=O)OCC(F)C(F)(F)S(=O)(=O)[O-])cc1.Cc1ccc(S(=O)(=O)NC(=O)OCC(F)C(F)(F)S(=O)(=O)[O-])cc1.[SH2+]c1ccccc1. The van der Waals surface area contributed by atoms with Gasteiger partial charge in [0.15, 0.2) is 20.2 Å². The summed E-state index contributed by atoms with van der Waals surface area (Å²) in [5.74, 6) is 0. The number of nitrogens with one attached hydrogen (secondary N) is 2. The molecule has 27 heteroatoms. The smallest absolute Gasteiger partial charge is 0.421 e. The highest BCUT2D eigenvalue weighted by atomic mass is 32.2. The molecule has 3 aromatic carbocycles.